The molecule has 0 spiro atoms. The van der Waals surface area contributed by atoms with Crippen LogP contribution in [0.5, 0.6) is 0 Å². The molecule has 0 saturated carbocycles. The van der Waals surface area contributed by atoms with Crippen LogP contribution in [0.1, 0.15) is 30.8 Å². The lowest BCUT2D eigenvalue weighted by Crippen LogP contribution is -2.15. The summed E-state index contributed by atoms with van der Waals surface area (Å²) in [6.07, 6.45) is 0. The van der Waals surface area contributed by atoms with Gasteiger partial charge in [-0.15, -0.1) is 11.3 Å². The molecule has 2 aromatic heterocycles. The number of imidazole rings is 1. The van der Waals surface area contributed by atoms with Gasteiger partial charge in [-0.2, -0.15) is 5.26 Å². The number of amides is 1. The van der Waals surface area contributed by atoms with Crippen molar-refractivity contribution in [1.82, 2.24) is 9.55 Å². The number of hydrogen-bond donors (Lipinski definition) is 1. The number of rotatable bonds is 6. The lowest BCUT2D eigenvalue weighted by Gasteiger charge is -2.12. The average Bonchev–Trinajstić information content (AvgIpc) is 3.04. The van der Waals surface area contributed by atoms with Gasteiger partial charge in [-0.05, 0) is 31.2 Å². The highest BCUT2D eigenvalue weighted by atomic mass is 32.2. The Morgan fingerprint density at radius 2 is 2.26 bits per heavy atom. The molecular weight excluding hydrogens is 328 g/mol. The van der Waals surface area contributed by atoms with Gasteiger partial charge in [-0.25, -0.2) is 4.98 Å². The molecule has 0 fully saturated rings. The molecule has 0 aromatic carbocycles. The summed E-state index contributed by atoms with van der Waals surface area (Å²) >= 11 is 2.79. The molecule has 23 heavy (non-hydrogen) atoms. The molecule has 0 radical (unpaired) electrons. The standard InChI is InChI=1S/C16H20N4OS2/c1-10(2)8-20-12(4)11(3)18-16(20)23-9-14(21)19-15-13(7-17)5-6-22-15/h5-6,10H,8-9H2,1-4H3,(H,19,21). The van der Waals surface area contributed by atoms with Crippen LogP contribution in [0.25, 0.3) is 0 Å². The molecule has 0 bridgehead atoms. The van der Waals surface area contributed by atoms with Crippen molar-refractivity contribution in [3.63, 3.8) is 0 Å². The van der Waals surface area contributed by atoms with Crippen LogP contribution in [0.4, 0.5) is 5.00 Å². The minimum Gasteiger partial charge on any atom is -0.323 e. The molecule has 0 aliphatic carbocycles. The summed E-state index contributed by atoms with van der Waals surface area (Å²) < 4.78 is 2.17. The Morgan fingerprint density at radius 1 is 1.52 bits per heavy atom. The smallest absolute Gasteiger partial charge is 0.235 e. The molecule has 0 unspecified atom stereocenters. The second kappa shape index (κ2) is 7.66. The summed E-state index contributed by atoms with van der Waals surface area (Å²) in [5, 5.41) is 15.0. The van der Waals surface area contributed by atoms with E-state index in [-0.39, 0.29) is 11.7 Å². The van der Waals surface area contributed by atoms with E-state index < -0.39 is 0 Å². The molecular formula is C16H20N4OS2. The van der Waals surface area contributed by atoms with E-state index >= 15 is 0 Å². The van der Waals surface area contributed by atoms with Crippen LogP contribution >= 0.6 is 23.1 Å². The number of nitrogens with zero attached hydrogens (tertiary/aromatic N) is 3. The van der Waals surface area contributed by atoms with E-state index in [1.807, 2.05) is 6.92 Å². The first-order valence-corrected chi connectivity index (χ1v) is 9.22. The number of hydrogen-bond acceptors (Lipinski definition) is 5. The fourth-order valence-electron chi connectivity index (χ4n) is 2.10. The Bertz CT molecular complexity index is 740. The Hall–Kier alpha value is -1.78. The van der Waals surface area contributed by atoms with Gasteiger partial charge in [0.25, 0.3) is 0 Å². The molecule has 1 N–H and O–H groups in total. The summed E-state index contributed by atoms with van der Waals surface area (Å²) in [4.78, 5) is 16.7. The van der Waals surface area contributed by atoms with E-state index in [1.165, 1.54) is 23.1 Å². The fourth-order valence-corrected chi connectivity index (χ4v) is 3.76. The quantitative estimate of drug-likeness (QED) is 0.806. The molecule has 1 amide bonds. The zero-order chi connectivity index (χ0) is 17.0. The largest absolute Gasteiger partial charge is 0.323 e. The lowest BCUT2D eigenvalue weighted by molar-refractivity contribution is -0.113. The van der Waals surface area contributed by atoms with Crippen molar-refractivity contribution in [2.75, 3.05) is 11.1 Å². The van der Waals surface area contributed by atoms with E-state index in [0.717, 1.165) is 23.1 Å². The van der Waals surface area contributed by atoms with Crippen molar-refractivity contribution >= 4 is 34.0 Å². The highest BCUT2D eigenvalue weighted by Crippen LogP contribution is 2.25. The van der Waals surface area contributed by atoms with Crippen LogP contribution in [0, 0.1) is 31.1 Å². The Labute approximate surface area is 144 Å². The number of anilines is 1. The van der Waals surface area contributed by atoms with E-state index in [4.69, 9.17) is 5.26 Å². The number of thiophene rings is 1. The van der Waals surface area contributed by atoms with E-state index in [1.54, 1.807) is 11.4 Å². The van der Waals surface area contributed by atoms with Crippen LogP contribution in [-0.2, 0) is 11.3 Å². The van der Waals surface area contributed by atoms with Gasteiger partial charge in [-0.3, -0.25) is 4.79 Å². The highest BCUT2D eigenvalue weighted by molar-refractivity contribution is 7.99. The second-order valence-electron chi connectivity index (χ2n) is 5.68. The number of carbonyl (C=O) groups excluding carboxylic acids is 1. The van der Waals surface area contributed by atoms with Crippen molar-refractivity contribution in [1.29, 1.82) is 5.26 Å². The zero-order valence-corrected chi connectivity index (χ0v) is 15.3. The molecule has 5 nitrogen and oxygen atoms in total. The molecule has 122 valence electrons. The topological polar surface area (TPSA) is 70.7 Å². The fraction of sp³-hybridized carbons (Fsp3) is 0.438. The normalized spacial score (nSPS) is 10.8. The van der Waals surface area contributed by atoms with Crippen LogP contribution in [0.15, 0.2) is 16.6 Å². The third kappa shape index (κ3) is 4.36. The van der Waals surface area contributed by atoms with Crippen LogP contribution < -0.4 is 5.32 Å². The lowest BCUT2D eigenvalue weighted by atomic mass is 10.2. The molecule has 2 heterocycles. The SMILES string of the molecule is Cc1nc(SCC(=O)Nc2sccc2C#N)n(CC(C)C)c1C. The van der Waals surface area contributed by atoms with E-state index in [9.17, 15) is 4.79 Å². The summed E-state index contributed by atoms with van der Waals surface area (Å²) in [5.74, 6) is 0.666. The molecule has 0 saturated heterocycles. The van der Waals surface area contributed by atoms with Gasteiger partial charge in [0, 0.05) is 12.2 Å². The number of carbonyl (C=O) groups is 1. The number of nitrogens with one attached hydrogen (secondary N) is 1. The molecule has 0 atom stereocenters. The number of aromatic nitrogens is 2. The van der Waals surface area contributed by atoms with Gasteiger partial charge in [0.2, 0.25) is 5.91 Å². The maximum atomic E-state index is 12.1. The van der Waals surface area contributed by atoms with Crippen molar-refractivity contribution < 1.29 is 4.79 Å². The molecule has 7 heteroatoms. The predicted molar refractivity (Wildman–Crippen MR) is 94.9 cm³/mol. The van der Waals surface area contributed by atoms with Gasteiger partial charge >= 0.3 is 0 Å². The Balaban J connectivity index is 2.02. The summed E-state index contributed by atoms with van der Waals surface area (Å²) in [7, 11) is 0. The third-order valence-corrected chi connectivity index (χ3v) is 5.15. The van der Waals surface area contributed by atoms with Gasteiger partial charge in [0.15, 0.2) is 5.16 Å². The van der Waals surface area contributed by atoms with E-state index in [2.05, 4.69) is 41.7 Å². The molecule has 2 aromatic rings. The van der Waals surface area contributed by atoms with Crippen LogP contribution in [0.3, 0.4) is 0 Å². The molecule has 0 aliphatic heterocycles. The monoisotopic (exact) mass is 348 g/mol. The zero-order valence-electron chi connectivity index (χ0n) is 13.7. The number of thioether (sulfide) groups is 1. The maximum absolute atomic E-state index is 12.1. The maximum Gasteiger partial charge on any atom is 0.235 e. The van der Waals surface area contributed by atoms with Crippen molar-refractivity contribution in [2.45, 2.75) is 39.4 Å². The van der Waals surface area contributed by atoms with Gasteiger partial charge < -0.3 is 9.88 Å². The van der Waals surface area contributed by atoms with Crippen molar-refractivity contribution in [3.8, 4) is 6.07 Å². The first kappa shape index (κ1) is 17.6. The Kier molecular flexibility index (Phi) is 5.85. The van der Waals surface area contributed by atoms with Crippen molar-refractivity contribution in [2.24, 2.45) is 5.92 Å². The first-order chi connectivity index (χ1) is 10.9. The Morgan fingerprint density at radius 3 is 2.91 bits per heavy atom. The minimum absolute atomic E-state index is 0.122. The average molecular weight is 348 g/mol. The second-order valence-corrected chi connectivity index (χ2v) is 7.54. The predicted octanol–water partition coefficient (Wildman–Crippen LogP) is 3.82. The van der Waals surface area contributed by atoms with Gasteiger partial charge in [-0.1, -0.05) is 25.6 Å². The number of aryl methyl sites for hydroxylation is 1. The summed E-state index contributed by atoms with van der Waals surface area (Å²) in [5.41, 5.74) is 2.64. The third-order valence-electron chi connectivity index (χ3n) is 3.34. The molecule has 2 rings (SSSR count). The van der Waals surface area contributed by atoms with Gasteiger partial charge in [0.05, 0.1) is 17.0 Å². The van der Waals surface area contributed by atoms with Crippen molar-refractivity contribution in [3.05, 3.63) is 28.4 Å². The molecule has 0 aliphatic rings. The van der Waals surface area contributed by atoms with Gasteiger partial charge in [0.1, 0.15) is 11.1 Å². The highest BCUT2D eigenvalue weighted by Gasteiger charge is 2.15. The summed E-state index contributed by atoms with van der Waals surface area (Å²) in [6.45, 7) is 9.26. The van der Waals surface area contributed by atoms with Crippen LogP contribution in [-0.4, -0.2) is 21.2 Å². The first-order valence-electron chi connectivity index (χ1n) is 7.36. The summed E-state index contributed by atoms with van der Waals surface area (Å²) in [6, 6.07) is 3.77. The number of nitriles is 1. The van der Waals surface area contributed by atoms with Crippen LogP contribution in [0.2, 0.25) is 0 Å². The van der Waals surface area contributed by atoms with E-state index in [0.29, 0.717) is 16.5 Å². The minimum atomic E-state index is -0.122.